The summed E-state index contributed by atoms with van der Waals surface area (Å²) in [5.41, 5.74) is 0. The summed E-state index contributed by atoms with van der Waals surface area (Å²) < 4.78 is 30.8. The Balaban J connectivity index is 5.01. The molecule has 0 spiro atoms. The molecule has 0 aromatic rings. The van der Waals surface area contributed by atoms with E-state index in [1.165, 1.54) is 122 Å². The minimum atomic E-state index is -4.47. The predicted octanol–water partition coefficient (Wildman–Crippen LogP) is 23.6. The Morgan fingerprint density at radius 1 is 0.404 bits per heavy atom. The molecule has 0 fully saturated rings. The summed E-state index contributed by atoms with van der Waals surface area (Å²) in [5.74, 6) is -0.518. The molecule has 10 heteroatoms. The van der Waals surface area contributed by atoms with Crippen LogP contribution in [0.25, 0.3) is 0 Å². The molecule has 510 valence electrons. The number of amides is 1. The van der Waals surface area contributed by atoms with Crippen LogP contribution in [0.4, 0.5) is 0 Å². The molecule has 0 aliphatic rings. The van der Waals surface area contributed by atoms with Gasteiger partial charge in [-0.2, -0.15) is 0 Å². The molecule has 0 saturated carbocycles. The van der Waals surface area contributed by atoms with E-state index in [0.29, 0.717) is 17.4 Å². The Hall–Kier alpha value is -3.85. The third kappa shape index (κ3) is 68.4. The van der Waals surface area contributed by atoms with Crippen LogP contribution in [-0.4, -0.2) is 74.3 Å². The molecular formula is C79H138N2O7P+. The van der Waals surface area contributed by atoms with E-state index in [1.807, 2.05) is 33.3 Å². The van der Waals surface area contributed by atoms with Crippen molar-refractivity contribution in [3.63, 3.8) is 0 Å². The monoisotopic (exact) mass is 1260 g/mol. The van der Waals surface area contributed by atoms with Crippen LogP contribution in [0.2, 0.25) is 0 Å². The zero-order chi connectivity index (χ0) is 64.9. The first-order valence-electron chi connectivity index (χ1n) is 36.5. The van der Waals surface area contributed by atoms with Crippen molar-refractivity contribution < 1.29 is 37.3 Å². The normalized spacial score (nSPS) is 14.3. The molecule has 1 amide bonds. The van der Waals surface area contributed by atoms with Gasteiger partial charge in [-0.25, -0.2) is 4.57 Å². The van der Waals surface area contributed by atoms with Gasteiger partial charge < -0.3 is 19.4 Å². The van der Waals surface area contributed by atoms with Gasteiger partial charge in [-0.3, -0.25) is 18.6 Å². The van der Waals surface area contributed by atoms with Crippen LogP contribution in [0, 0.1) is 0 Å². The number of esters is 1. The van der Waals surface area contributed by atoms with Gasteiger partial charge in [0.1, 0.15) is 19.3 Å². The van der Waals surface area contributed by atoms with E-state index < -0.39 is 20.0 Å². The highest BCUT2D eigenvalue weighted by Crippen LogP contribution is 2.43. The quantitative estimate of drug-likeness (QED) is 0.0205. The number of phosphoric ester groups is 1. The van der Waals surface area contributed by atoms with Crippen LogP contribution >= 0.6 is 7.82 Å². The number of quaternary nitrogens is 1. The highest BCUT2D eigenvalue weighted by atomic mass is 31.2. The van der Waals surface area contributed by atoms with Crippen molar-refractivity contribution in [3.05, 3.63) is 134 Å². The minimum absolute atomic E-state index is 0.0325. The number of nitrogens with one attached hydrogen (secondary N) is 1. The maximum absolute atomic E-state index is 13.6. The molecular weight excluding hydrogens is 1120 g/mol. The Labute approximate surface area is 549 Å². The van der Waals surface area contributed by atoms with Gasteiger partial charge in [-0.1, -0.05) is 302 Å². The van der Waals surface area contributed by atoms with Gasteiger partial charge in [0.2, 0.25) is 5.91 Å². The summed E-state index contributed by atoms with van der Waals surface area (Å²) >= 11 is 0. The summed E-state index contributed by atoms with van der Waals surface area (Å²) in [6, 6.07) is -0.863. The van der Waals surface area contributed by atoms with Crippen LogP contribution in [0.1, 0.15) is 303 Å². The maximum Gasteiger partial charge on any atom is 0.472 e. The number of phosphoric acid groups is 1. The highest BCUT2D eigenvalue weighted by Gasteiger charge is 2.30. The lowest BCUT2D eigenvalue weighted by molar-refractivity contribution is -0.870. The summed E-state index contributed by atoms with van der Waals surface area (Å²) in [6.07, 6.45) is 96.1. The predicted molar refractivity (Wildman–Crippen MR) is 387 cm³/mol. The number of carbonyl (C=O) groups is 2. The second-order valence-corrected chi connectivity index (χ2v) is 26.8. The number of ether oxygens (including phenoxy) is 1. The van der Waals surface area contributed by atoms with E-state index in [4.69, 9.17) is 13.8 Å². The number of hydrogen-bond acceptors (Lipinski definition) is 6. The fourth-order valence-corrected chi connectivity index (χ4v) is 10.8. The number of allylic oxidation sites excluding steroid dienone is 21. The molecule has 0 radical (unpaired) electrons. The van der Waals surface area contributed by atoms with Crippen molar-refractivity contribution in [3.8, 4) is 0 Å². The largest absolute Gasteiger partial charge is 0.472 e. The minimum Gasteiger partial charge on any atom is -0.456 e. The molecule has 3 unspecified atom stereocenters. The smallest absolute Gasteiger partial charge is 0.456 e. The third-order valence-corrected chi connectivity index (χ3v) is 16.6. The number of rotatable bonds is 65. The number of nitrogens with zero attached hydrogens (tertiary/aromatic N) is 1. The first-order valence-corrected chi connectivity index (χ1v) is 38.0. The van der Waals surface area contributed by atoms with E-state index in [-0.39, 0.29) is 31.5 Å². The van der Waals surface area contributed by atoms with Crippen molar-refractivity contribution in [2.24, 2.45) is 0 Å². The van der Waals surface area contributed by atoms with Crippen molar-refractivity contribution in [2.45, 2.75) is 315 Å². The van der Waals surface area contributed by atoms with Crippen LogP contribution in [-0.2, 0) is 27.9 Å². The molecule has 0 aromatic heterocycles. The summed E-state index contributed by atoms with van der Waals surface area (Å²) in [7, 11) is 1.48. The highest BCUT2D eigenvalue weighted by molar-refractivity contribution is 7.47. The average Bonchev–Trinajstić information content (AvgIpc) is 3.70. The standard InChI is InChI=1S/C79H137N2O7P/c1-7-10-13-16-19-22-25-27-29-31-33-35-37-39-40-42-43-45-47-49-51-53-56-59-62-65-68-71-78(82)80-76(75-87-89(84,85)86-74-73-81(4,5)6)77(70-67-64-61-58-55-24-21-18-15-12-9-3)88-79(83)72-69-66-63-60-57-54-52-50-48-46-44-41-38-36-34-32-30-28-26-23-20-17-14-11-8-2/h10-11,13-14,19-20,22-23,27-30,33-36,39-41,44,67,70,76-77H,7-9,12,15-18,21,24-26,31-32,37-38,42-43,45-66,68-69,71-75H2,1-6H3,(H-,80,82,84,85)/p+1/b13-10-,14-11-,22-19-,23-20-,29-27-,30-28-,35-33-,36-34-,40-39-,44-41-,70-67+. The van der Waals surface area contributed by atoms with Crippen LogP contribution < -0.4 is 5.32 Å². The van der Waals surface area contributed by atoms with Gasteiger partial charge in [0, 0.05) is 12.8 Å². The first-order chi connectivity index (χ1) is 43.4. The molecule has 0 aromatic carbocycles. The van der Waals surface area contributed by atoms with Crippen molar-refractivity contribution >= 4 is 19.7 Å². The second-order valence-electron chi connectivity index (χ2n) is 25.3. The van der Waals surface area contributed by atoms with Gasteiger partial charge in [0.25, 0.3) is 0 Å². The number of likely N-dealkylation sites (N-methyl/N-ethyl adjacent to an activating group) is 1. The molecule has 2 N–H and O–H groups in total. The Kier molecular flexibility index (Phi) is 64.2. The van der Waals surface area contributed by atoms with Crippen LogP contribution in [0.15, 0.2) is 134 Å². The Morgan fingerprint density at radius 3 is 1.08 bits per heavy atom. The average molecular weight is 1260 g/mol. The fourth-order valence-electron chi connectivity index (χ4n) is 10.1. The molecule has 3 atom stereocenters. The van der Waals surface area contributed by atoms with Gasteiger partial charge in [0.15, 0.2) is 0 Å². The van der Waals surface area contributed by atoms with E-state index in [2.05, 4.69) is 148 Å². The van der Waals surface area contributed by atoms with E-state index in [9.17, 15) is 19.0 Å². The number of carbonyl (C=O) groups excluding carboxylic acids is 2. The summed E-state index contributed by atoms with van der Waals surface area (Å²) in [6.45, 7) is 6.78. The SMILES string of the molecule is CC/C=C\C/C=C\C/C=C\C/C=C\C/C=C\CCCCCCCCCCCCCC(=O)NC(COP(=O)(O)OCC[N+](C)(C)C)C(/C=C/CCCCCCCCCCC)OC(=O)CCCCCCCCCCC/C=C\C/C=C\C/C=C\C/C=C\C/C=C\CC. The lowest BCUT2D eigenvalue weighted by Crippen LogP contribution is -2.47. The number of hydrogen-bond donors (Lipinski definition) is 2. The molecule has 0 saturated heterocycles. The topological polar surface area (TPSA) is 111 Å². The lowest BCUT2D eigenvalue weighted by Gasteiger charge is -2.27. The van der Waals surface area contributed by atoms with E-state index in [0.717, 1.165) is 148 Å². The van der Waals surface area contributed by atoms with Gasteiger partial charge in [0.05, 0.1) is 33.8 Å². The summed E-state index contributed by atoms with van der Waals surface area (Å²) in [4.78, 5) is 37.9. The van der Waals surface area contributed by atoms with E-state index in [1.54, 1.807) is 0 Å². The summed E-state index contributed by atoms with van der Waals surface area (Å²) in [5, 5.41) is 3.07. The maximum atomic E-state index is 13.6. The molecule has 0 aliphatic heterocycles. The molecule has 0 heterocycles. The molecule has 0 aliphatic carbocycles. The Morgan fingerprint density at radius 2 is 0.719 bits per heavy atom. The third-order valence-electron chi connectivity index (χ3n) is 15.6. The van der Waals surface area contributed by atoms with Gasteiger partial charge in [-0.15, -0.1) is 0 Å². The molecule has 89 heavy (non-hydrogen) atoms. The second kappa shape index (κ2) is 67.1. The number of unbranched alkanes of at least 4 members (excludes halogenated alkanes) is 29. The van der Waals surface area contributed by atoms with Crippen LogP contribution in [0.5, 0.6) is 0 Å². The van der Waals surface area contributed by atoms with Crippen LogP contribution in [0.3, 0.4) is 0 Å². The zero-order valence-corrected chi connectivity index (χ0v) is 59.3. The van der Waals surface area contributed by atoms with E-state index >= 15 is 0 Å². The molecule has 9 nitrogen and oxygen atoms in total. The van der Waals surface area contributed by atoms with Crippen molar-refractivity contribution in [2.75, 3.05) is 40.9 Å². The molecule has 0 bridgehead atoms. The van der Waals surface area contributed by atoms with Crippen molar-refractivity contribution in [1.82, 2.24) is 5.32 Å². The van der Waals surface area contributed by atoms with Crippen molar-refractivity contribution in [1.29, 1.82) is 0 Å². The van der Waals surface area contributed by atoms with Gasteiger partial charge in [-0.05, 0) is 122 Å². The zero-order valence-electron chi connectivity index (χ0n) is 58.4. The fraction of sp³-hybridized carbons (Fsp3) is 0.696. The molecule has 0 rings (SSSR count). The Bertz CT molecular complexity index is 1990. The van der Waals surface area contributed by atoms with Gasteiger partial charge >= 0.3 is 13.8 Å². The lowest BCUT2D eigenvalue weighted by atomic mass is 10.0. The first kappa shape index (κ1) is 85.2.